The average molecular weight is 464 g/mol. The third kappa shape index (κ3) is 4.66. The van der Waals surface area contributed by atoms with Crippen molar-refractivity contribution < 1.29 is 31.9 Å². The van der Waals surface area contributed by atoms with Crippen LogP contribution in [-0.2, 0) is 6.18 Å². The van der Waals surface area contributed by atoms with Crippen LogP contribution in [0, 0.1) is 0 Å². The lowest BCUT2D eigenvalue weighted by atomic mass is 10.0. The van der Waals surface area contributed by atoms with Crippen LogP contribution in [0.2, 0.25) is 0 Å². The van der Waals surface area contributed by atoms with Gasteiger partial charge in [-0.15, -0.1) is 10.2 Å². The van der Waals surface area contributed by atoms with Crippen molar-refractivity contribution in [2.24, 2.45) is 0 Å². The zero-order valence-corrected chi connectivity index (χ0v) is 17.4. The lowest BCUT2D eigenvalue weighted by molar-refractivity contribution is -0.143. The second kappa shape index (κ2) is 8.92. The minimum Gasteiger partial charge on any atom is -0.480 e. The topological polar surface area (TPSA) is 115 Å². The number of likely N-dealkylation sites (tertiary alicyclic amines) is 1. The third-order valence-electron chi connectivity index (χ3n) is 5.22. The molecule has 1 saturated heterocycles. The summed E-state index contributed by atoms with van der Waals surface area (Å²) in [7, 11) is 1.35. The van der Waals surface area contributed by atoms with Crippen LogP contribution >= 0.6 is 0 Å². The van der Waals surface area contributed by atoms with E-state index in [1.54, 1.807) is 11.0 Å². The van der Waals surface area contributed by atoms with Gasteiger partial charge in [0.2, 0.25) is 5.88 Å². The number of halogens is 3. The van der Waals surface area contributed by atoms with E-state index in [2.05, 4.69) is 20.6 Å². The highest BCUT2D eigenvalue weighted by Crippen LogP contribution is 2.33. The van der Waals surface area contributed by atoms with Gasteiger partial charge >= 0.3 is 6.18 Å². The second-order valence-corrected chi connectivity index (χ2v) is 7.30. The number of ether oxygens (including phenoxy) is 1. The first-order valence-electron chi connectivity index (χ1n) is 9.93. The summed E-state index contributed by atoms with van der Waals surface area (Å²) in [6, 6.07) is 3.75. The molecule has 10 nitrogen and oxygen atoms in total. The minimum atomic E-state index is -4.87. The number of carbonyl (C=O) groups is 2. The summed E-state index contributed by atoms with van der Waals surface area (Å²) < 4.78 is 51.8. The van der Waals surface area contributed by atoms with Gasteiger partial charge in [-0.05, 0) is 25.0 Å². The van der Waals surface area contributed by atoms with Gasteiger partial charge in [-0.1, -0.05) is 0 Å². The Morgan fingerprint density at radius 2 is 1.94 bits per heavy atom. The standard InChI is InChI=1S/C20H19F3N6O4/c1-32-16-3-2-15(26-27-16)29-17(20(21,22)23)14(10-24-29)18(30)25-13-4-7-28(8-5-13)19(31)12-6-9-33-11-12/h2-3,6,9-11,13H,4-5,7-8H2,1H3,(H,25,30). The number of hydrogen-bond donors (Lipinski definition) is 1. The molecule has 0 radical (unpaired) electrons. The number of alkyl halides is 3. The summed E-state index contributed by atoms with van der Waals surface area (Å²) >= 11 is 0. The van der Waals surface area contributed by atoms with Crippen molar-refractivity contribution in [1.82, 2.24) is 30.2 Å². The largest absolute Gasteiger partial charge is 0.480 e. The molecule has 4 heterocycles. The van der Waals surface area contributed by atoms with Crippen LogP contribution in [-0.4, -0.2) is 62.9 Å². The molecule has 0 atom stereocenters. The zero-order valence-electron chi connectivity index (χ0n) is 17.4. The predicted molar refractivity (Wildman–Crippen MR) is 106 cm³/mol. The maximum absolute atomic E-state index is 13.8. The summed E-state index contributed by atoms with van der Waals surface area (Å²) in [5.74, 6) is -1.20. The number of furan rings is 1. The molecule has 0 aromatic carbocycles. The molecular weight excluding hydrogens is 445 g/mol. The number of aromatic nitrogens is 4. The van der Waals surface area contributed by atoms with Crippen molar-refractivity contribution in [3.63, 3.8) is 0 Å². The predicted octanol–water partition coefficient (Wildman–Crippen LogP) is 2.32. The molecule has 4 rings (SSSR count). The fourth-order valence-electron chi connectivity index (χ4n) is 3.55. The van der Waals surface area contributed by atoms with Crippen molar-refractivity contribution in [3.8, 4) is 11.7 Å². The number of piperidine rings is 1. The van der Waals surface area contributed by atoms with Gasteiger partial charge in [0.05, 0.1) is 30.7 Å². The molecule has 0 unspecified atom stereocenters. The molecule has 33 heavy (non-hydrogen) atoms. The van der Waals surface area contributed by atoms with Gasteiger partial charge in [-0.2, -0.15) is 18.3 Å². The highest BCUT2D eigenvalue weighted by atomic mass is 19.4. The summed E-state index contributed by atoms with van der Waals surface area (Å²) in [5.41, 5.74) is -1.47. The summed E-state index contributed by atoms with van der Waals surface area (Å²) in [6.45, 7) is 0.698. The maximum atomic E-state index is 13.8. The van der Waals surface area contributed by atoms with E-state index in [9.17, 15) is 22.8 Å². The molecule has 1 aliphatic rings. The van der Waals surface area contributed by atoms with E-state index in [-0.39, 0.29) is 17.6 Å². The Morgan fingerprint density at radius 3 is 2.52 bits per heavy atom. The normalized spacial score (nSPS) is 14.8. The average Bonchev–Trinajstić information content (AvgIpc) is 3.49. The Kier molecular flexibility index (Phi) is 6.03. The van der Waals surface area contributed by atoms with E-state index in [1.807, 2.05) is 0 Å². The first kappa shape index (κ1) is 22.3. The first-order chi connectivity index (χ1) is 15.8. The number of hydrogen-bond acceptors (Lipinski definition) is 7. The number of nitrogens with zero attached hydrogens (tertiary/aromatic N) is 5. The third-order valence-corrected chi connectivity index (χ3v) is 5.22. The van der Waals surface area contributed by atoms with Gasteiger partial charge in [0, 0.05) is 25.2 Å². The van der Waals surface area contributed by atoms with Crippen LogP contribution in [0.15, 0.2) is 41.3 Å². The lowest BCUT2D eigenvalue weighted by Crippen LogP contribution is -2.46. The van der Waals surface area contributed by atoms with Crippen LogP contribution in [0.5, 0.6) is 5.88 Å². The highest BCUT2D eigenvalue weighted by molar-refractivity contribution is 5.96. The van der Waals surface area contributed by atoms with Gasteiger partial charge in [0.15, 0.2) is 11.5 Å². The highest BCUT2D eigenvalue weighted by Gasteiger charge is 2.41. The van der Waals surface area contributed by atoms with E-state index in [0.717, 1.165) is 6.20 Å². The van der Waals surface area contributed by atoms with E-state index in [1.165, 1.54) is 31.8 Å². The Hall–Kier alpha value is -3.90. The summed E-state index contributed by atoms with van der Waals surface area (Å²) in [4.78, 5) is 26.7. The van der Waals surface area contributed by atoms with E-state index in [4.69, 9.17) is 9.15 Å². The van der Waals surface area contributed by atoms with E-state index in [0.29, 0.717) is 36.2 Å². The van der Waals surface area contributed by atoms with Crippen LogP contribution in [0.4, 0.5) is 13.2 Å². The Bertz CT molecular complexity index is 1120. The van der Waals surface area contributed by atoms with Crippen LogP contribution in [0.3, 0.4) is 0 Å². The lowest BCUT2D eigenvalue weighted by Gasteiger charge is -2.32. The van der Waals surface area contributed by atoms with Crippen molar-refractivity contribution in [1.29, 1.82) is 0 Å². The fraction of sp³-hybridized carbons (Fsp3) is 0.350. The first-order valence-corrected chi connectivity index (χ1v) is 9.93. The van der Waals surface area contributed by atoms with Gasteiger partial charge in [0.25, 0.3) is 11.8 Å². The molecule has 13 heteroatoms. The number of rotatable bonds is 5. The van der Waals surface area contributed by atoms with Crippen molar-refractivity contribution >= 4 is 11.8 Å². The number of nitrogens with one attached hydrogen (secondary N) is 1. The van der Waals surface area contributed by atoms with Gasteiger partial charge in [0.1, 0.15) is 6.26 Å². The van der Waals surface area contributed by atoms with Crippen LogP contribution in [0.25, 0.3) is 5.82 Å². The quantitative estimate of drug-likeness (QED) is 0.616. The van der Waals surface area contributed by atoms with Crippen LogP contribution in [0.1, 0.15) is 39.3 Å². The summed E-state index contributed by atoms with van der Waals surface area (Å²) in [6.07, 6.45) is -0.480. The molecule has 3 aromatic rings. The molecule has 174 valence electrons. The minimum absolute atomic E-state index is 0.120. The van der Waals surface area contributed by atoms with Gasteiger partial charge in [-0.25, -0.2) is 4.68 Å². The van der Waals surface area contributed by atoms with Crippen LogP contribution < -0.4 is 10.1 Å². The van der Waals surface area contributed by atoms with E-state index >= 15 is 0 Å². The molecule has 1 fully saturated rings. The number of amides is 2. The SMILES string of the molecule is COc1ccc(-n2ncc(C(=O)NC3CCN(C(=O)c4ccoc4)CC3)c2C(F)(F)F)nn1. The smallest absolute Gasteiger partial charge is 0.434 e. The maximum Gasteiger partial charge on any atom is 0.434 e. The Labute approximate surface area is 185 Å². The summed E-state index contributed by atoms with van der Waals surface area (Å²) in [5, 5.41) is 13.7. The molecule has 0 spiro atoms. The molecule has 1 N–H and O–H groups in total. The van der Waals surface area contributed by atoms with Gasteiger partial charge in [-0.3, -0.25) is 9.59 Å². The monoisotopic (exact) mass is 464 g/mol. The zero-order chi connectivity index (χ0) is 23.6. The molecule has 2 amide bonds. The molecule has 0 bridgehead atoms. The van der Waals surface area contributed by atoms with Gasteiger partial charge < -0.3 is 19.4 Å². The number of carbonyl (C=O) groups excluding carboxylic acids is 2. The Balaban J connectivity index is 1.47. The molecule has 3 aromatic heterocycles. The second-order valence-electron chi connectivity index (χ2n) is 7.30. The van der Waals surface area contributed by atoms with E-state index < -0.39 is 29.4 Å². The Morgan fingerprint density at radius 1 is 1.18 bits per heavy atom. The van der Waals surface area contributed by atoms with Crippen molar-refractivity contribution in [2.45, 2.75) is 25.1 Å². The van der Waals surface area contributed by atoms with Crippen molar-refractivity contribution in [2.75, 3.05) is 20.2 Å². The van der Waals surface area contributed by atoms with Crippen molar-refractivity contribution in [3.05, 3.63) is 53.7 Å². The number of methoxy groups -OCH3 is 1. The molecule has 0 saturated carbocycles. The molecular formula is C20H19F3N6O4. The fourth-order valence-corrected chi connectivity index (χ4v) is 3.55. The molecule has 1 aliphatic heterocycles. The molecule has 0 aliphatic carbocycles.